The summed E-state index contributed by atoms with van der Waals surface area (Å²) in [6.07, 6.45) is 6.13. The van der Waals surface area contributed by atoms with Crippen LogP contribution in [0.4, 0.5) is 0 Å². The maximum atomic E-state index is 12.7. The highest BCUT2D eigenvalue weighted by atomic mass is 16.1. The second-order valence-corrected chi connectivity index (χ2v) is 7.75. The number of nitrogens with zero attached hydrogens (tertiary/aromatic N) is 3. The van der Waals surface area contributed by atoms with Crippen molar-refractivity contribution in [2.45, 2.75) is 51.2 Å². The summed E-state index contributed by atoms with van der Waals surface area (Å²) in [5, 5.41) is 12.1. The summed E-state index contributed by atoms with van der Waals surface area (Å²) >= 11 is 0. The number of aromatic nitrogens is 2. The maximum Gasteiger partial charge on any atom is 0.270 e. The molecule has 4 unspecified atom stereocenters. The van der Waals surface area contributed by atoms with Gasteiger partial charge in [-0.1, -0.05) is 0 Å². The van der Waals surface area contributed by atoms with Crippen LogP contribution in [0.15, 0.2) is 30.6 Å². The lowest BCUT2D eigenvalue weighted by Gasteiger charge is -2.33. The minimum atomic E-state index is -0.166. The summed E-state index contributed by atoms with van der Waals surface area (Å²) in [6, 6.07) is 8.65. The molecule has 2 fully saturated rings. The van der Waals surface area contributed by atoms with Gasteiger partial charge in [0.2, 0.25) is 0 Å². The van der Waals surface area contributed by atoms with E-state index in [1.807, 2.05) is 20.0 Å². The van der Waals surface area contributed by atoms with Crippen LogP contribution >= 0.6 is 0 Å². The van der Waals surface area contributed by atoms with Crippen molar-refractivity contribution in [3.8, 4) is 6.07 Å². The number of fused-ring (bicyclic) bond motifs is 1. The fraction of sp³-hybridized carbons (Fsp3) is 0.429. The second-order valence-electron chi connectivity index (χ2n) is 7.75. The molecule has 1 amide bonds. The summed E-state index contributed by atoms with van der Waals surface area (Å²) in [4.78, 5) is 21.2. The first-order valence-electron chi connectivity index (χ1n) is 9.66. The van der Waals surface area contributed by atoms with Gasteiger partial charge in [-0.25, -0.2) is 10.4 Å². The van der Waals surface area contributed by atoms with Crippen molar-refractivity contribution >= 4 is 5.91 Å². The molecule has 2 aliphatic rings. The normalized spacial score (nSPS) is 26.3. The number of nitrogens with one attached hydrogen (secondary N) is 3. The van der Waals surface area contributed by atoms with Crippen LogP contribution in [0.1, 0.15) is 58.2 Å². The molecule has 7 nitrogen and oxygen atoms in total. The number of carbonyl (C=O) groups excluding carboxylic acids is 1. The van der Waals surface area contributed by atoms with Crippen LogP contribution in [-0.2, 0) is 0 Å². The van der Waals surface area contributed by atoms with Crippen LogP contribution in [-0.4, -0.2) is 28.0 Å². The van der Waals surface area contributed by atoms with Gasteiger partial charge >= 0.3 is 0 Å². The van der Waals surface area contributed by atoms with Crippen molar-refractivity contribution in [1.82, 2.24) is 26.1 Å². The fourth-order valence-corrected chi connectivity index (χ4v) is 4.41. The van der Waals surface area contributed by atoms with Crippen molar-refractivity contribution in [2.75, 3.05) is 0 Å². The molecule has 4 rings (SSSR count). The number of carbonyl (C=O) groups is 1. The number of hydrogen-bond acceptors (Lipinski definition) is 6. The first-order valence-corrected chi connectivity index (χ1v) is 9.66. The van der Waals surface area contributed by atoms with E-state index in [2.05, 4.69) is 44.3 Å². The fourth-order valence-electron chi connectivity index (χ4n) is 4.41. The molecule has 0 radical (unpaired) electrons. The summed E-state index contributed by atoms with van der Waals surface area (Å²) in [7, 11) is 0. The van der Waals surface area contributed by atoms with Gasteiger partial charge in [-0.05, 0) is 68.4 Å². The van der Waals surface area contributed by atoms with E-state index >= 15 is 0 Å². The molecule has 1 aliphatic carbocycles. The first-order chi connectivity index (χ1) is 13.5. The zero-order chi connectivity index (χ0) is 19.7. The molecule has 1 saturated carbocycles. The highest BCUT2D eigenvalue weighted by Gasteiger charge is 2.41. The van der Waals surface area contributed by atoms with Gasteiger partial charge in [0, 0.05) is 30.2 Å². The largest absolute Gasteiger partial charge is 0.348 e. The molecule has 144 valence electrons. The monoisotopic (exact) mass is 376 g/mol. The highest BCUT2D eigenvalue weighted by molar-refractivity contribution is 5.93. The smallest absolute Gasteiger partial charge is 0.270 e. The van der Waals surface area contributed by atoms with Crippen molar-refractivity contribution < 1.29 is 4.79 Å². The summed E-state index contributed by atoms with van der Waals surface area (Å²) in [5.41, 5.74) is 10.7. The van der Waals surface area contributed by atoms with Gasteiger partial charge in [-0.2, -0.15) is 5.26 Å². The minimum Gasteiger partial charge on any atom is -0.348 e. The Morgan fingerprint density at radius 3 is 2.86 bits per heavy atom. The van der Waals surface area contributed by atoms with Crippen molar-refractivity contribution in [3.63, 3.8) is 0 Å². The predicted octanol–water partition coefficient (Wildman–Crippen LogP) is 2.08. The standard InChI is InChI=1S/C21H24N6O/c1-12-7-14(10-22)11-24-19(12)21(28)25-16-3-4-18-17(9-16)20(27-26-18)15-5-6-23-13(2)8-15/h5-8,11,16-18,20,26-27H,3-4,9H2,1-2H3,(H,25,28). The molecular formula is C21H24N6O. The number of hydrazine groups is 1. The van der Waals surface area contributed by atoms with Gasteiger partial charge in [0.25, 0.3) is 5.91 Å². The van der Waals surface area contributed by atoms with E-state index in [4.69, 9.17) is 5.26 Å². The lowest BCUT2D eigenvalue weighted by molar-refractivity contribution is 0.0909. The van der Waals surface area contributed by atoms with Crippen LogP contribution in [0, 0.1) is 31.1 Å². The van der Waals surface area contributed by atoms with Gasteiger partial charge in [0.05, 0.1) is 11.6 Å². The van der Waals surface area contributed by atoms with Gasteiger partial charge in [0.15, 0.2) is 0 Å². The van der Waals surface area contributed by atoms with E-state index in [1.54, 1.807) is 6.07 Å². The van der Waals surface area contributed by atoms with E-state index in [-0.39, 0.29) is 18.0 Å². The third-order valence-electron chi connectivity index (χ3n) is 5.79. The molecule has 1 saturated heterocycles. The quantitative estimate of drug-likeness (QED) is 0.758. The molecule has 4 atom stereocenters. The Bertz CT molecular complexity index is 937. The van der Waals surface area contributed by atoms with Crippen LogP contribution in [0.5, 0.6) is 0 Å². The SMILES string of the molecule is Cc1cc(C2NNC3CCC(NC(=O)c4ncc(C#N)cc4C)CC32)ccn1. The highest BCUT2D eigenvalue weighted by Crippen LogP contribution is 2.38. The topological polar surface area (TPSA) is 103 Å². The molecule has 0 bridgehead atoms. The molecule has 7 heteroatoms. The lowest BCUT2D eigenvalue weighted by Crippen LogP contribution is -2.44. The Kier molecular flexibility index (Phi) is 5.07. The van der Waals surface area contributed by atoms with Crippen LogP contribution in [0.25, 0.3) is 0 Å². The van der Waals surface area contributed by atoms with Crippen molar-refractivity contribution in [2.24, 2.45) is 5.92 Å². The molecule has 1 aliphatic heterocycles. The molecular weight excluding hydrogens is 352 g/mol. The van der Waals surface area contributed by atoms with Crippen LogP contribution in [0.2, 0.25) is 0 Å². The average molecular weight is 376 g/mol. The first kappa shape index (κ1) is 18.5. The Labute approximate surface area is 164 Å². The van der Waals surface area contributed by atoms with Gasteiger partial charge in [0.1, 0.15) is 11.8 Å². The molecule has 2 aromatic rings. The predicted molar refractivity (Wildman–Crippen MR) is 104 cm³/mol. The van der Waals surface area contributed by atoms with Crippen LogP contribution < -0.4 is 16.2 Å². The number of nitriles is 1. The third kappa shape index (κ3) is 3.61. The Balaban J connectivity index is 1.46. The van der Waals surface area contributed by atoms with Crippen LogP contribution in [0.3, 0.4) is 0 Å². The zero-order valence-electron chi connectivity index (χ0n) is 16.1. The van der Waals surface area contributed by atoms with E-state index in [0.29, 0.717) is 23.2 Å². The minimum absolute atomic E-state index is 0.109. The number of rotatable bonds is 3. The molecule has 3 heterocycles. The van der Waals surface area contributed by atoms with Crippen molar-refractivity contribution in [3.05, 3.63) is 58.7 Å². The van der Waals surface area contributed by atoms with Gasteiger partial charge < -0.3 is 5.32 Å². The third-order valence-corrected chi connectivity index (χ3v) is 5.79. The van der Waals surface area contributed by atoms with E-state index in [0.717, 1.165) is 30.5 Å². The Hall–Kier alpha value is -2.82. The molecule has 28 heavy (non-hydrogen) atoms. The number of pyridine rings is 2. The van der Waals surface area contributed by atoms with Gasteiger partial charge in [-0.15, -0.1) is 0 Å². The maximum absolute atomic E-state index is 12.7. The summed E-state index contributed by atoms with van der Waals surface area (Å²) in [6.45, 7) is 3.81. The van der Waals surface area contributed by atoms with E-state index in [1.165, 1.54) is 11.8 Å². The van der Waals surface area contributed by atoms with Gasteiger partial charge in [-0.3, -0.25) is 15.2 Å². The Morgan fingerprint density at radius 1 is 1.25 bits per heavy atom. The van der Waals surface area contributed by atoms with E-state index in [9.17, 15) is 4.79 Å². The Morgan fingerprint density at radius 2 is 2.11 bits per heavy atom. The van der Waals surface area contributed by atoms with E-state index < -0.39 is 0 Å². The zero-order valence-corrected chi connectivity index (χ0v) is 16.1. The lowest BCUT2D eigenvalue weighted by atomic mass is 9.77. The summed E-state index contributed by atoms with van der Waals surface area (Å²) < 4.78 is 0. The summed E-state index contributed by atoms with van der Waals surface area (Å²) in [5.74, 6) is 0.233. The molecule has 0 aromatic carbocycles. The molecule has 2 aromatic heterocycles. The number of hydrogen-bond donors (Lipinski definition) is 3. The molecule has 0 spiro atoms. The number of amides is 1. The average Bonchev–Trinajstić information content (AvgIpc) is 3.11. The van der Waals surface area contributed by atoms with Crippen molar-refractivity contribution in [1.29, 1.82) is 5.26 Å². The second kappa shape index (κ2) is 7.66. The molecule has 3 N–H and O–H groups in total. The number of aryl methyl sites for hydroxylation is 2.